The Hall–Kier alpha value is -3.87. The van der Waals surface area contributed by atoms with Gasteiger partial charge in [0.05, 0.1) is 23.4 Å². The third kappa shape index (κ3) is 7.86. The average Bonchev–Trinajstić information content (AvgIpc) is 3.05. The van der Waals surface area contributed by atoms with E-state index in [1.807, 2.05) is 6.92 Å². The van der Waals surface area contributed by atoms with Gasteiger partial charge in [0.25, 0.3) is 0 Å². The fourth-order valence-corrected chi connectivity index (χ4v) is 8.00. The highest BCUT2D eigenvalue weighted by Crippen LogP contribution is 2.34. The highest BCUT2D eigenvalue weighted by atomic mass is 32.2. The molecule has 2 aliphatic heterocycles. The van der Waals surface area contributed by atoms with Crippen molar-refractivity contribution >= 4 is 43.5 Å². The zero-order chi connectivity index (χ0) is 32.0. The van der Waals surface area contributed by atoms with Crippen molar-refractivity contribution in [3.05, 3.63) is 77.9 Å². The lowest BCUT2D eigenvalue weighted by atomic mass is 10.1. The maximum atomic E-state index is 13.4. The largest absolute Gasteiger partial charge is 0.493 e. The molecule has 2 heterocycles. The number of hydrogen-bond donors (Lipinski definition) is 1. The predicted molar refractivity (Wildman–Crippen MR) is 175 cm³/mol. The minimum Gasteiger partial charge on any atom is -0.493 e. The molecule has 0 spiro atoms. The van der Waals surface area contributed by atoms with Gasteiger partial charge >= 0.3 is 10.1 Å². The fourth-order valence-electron chi connectivity index (χ4n) is 5.51. The first-order valence-corrected chi connectivity index (χ1v) is 18.0. The Labute approximate surface area is 265 Å². The van der Waals surface area contributed by atoms with Crippen molar-refractivity contribution in [2.75, 3.05) is 43.5 Å². The number of hydrogen-bond acceptors (Lipinski definition) is 8. The molecular weight excluding hydrogens is 615 g/mol. The molecule has 12 heteroatoms. The van der Waals surface area contributed by atoms with Crippen molar-refractivity contribution in [1.29, 1.82) is 0 Å². The van der Waals surface area contributed by atoms with E-state index in [1.54, 1.807) is 48.5 Å². The van der Waals surface area contributed by atoms with Gasteiger partial charge in [-0.05, 0) is 93.1 Å². The first-order valence-electron chi connectivity index (χ1n) is 15.1. The van der Waals surface area contributed by atoms with Crippen LogP contribution in [0.1, 0.15) is 49.7 Å². The first-order chi connectivity index (χ1) is 21.6. The van der Waals surface area contributed by atoms with Crippen LogP contribution in [0.4, 0.5) is 11.4 Å². The second-order valence-corrected chi connectivity index (χ2v) is 14.8. The lowest BCUT2D eigenvalue weighted by Crippen LogP contribution is -2.35. The van der Waals surface area contributed by atoms with E-state index >= 15 is 0 Å². The number of ether oxygens (including phenoxy) is 1. The molecule has 5 rings (SSSR count). The number of amides is 1. The topological polar surface area (TPSA) is 122 Å². The van der Waals surface area contributed by atoms with E-state index in [4.69, 9.17) is 8.92 Å². The van der Waals surface area contributed by atoms with Crippen LogP contribution in [0.3, 0.4) is 0 Å². The summed E-state index contributed by atoms with van der Waals surface area (Å²) in [5.41, 5.74) is 2.71. The van der Waals surface area contributed by atoms with Crippen LogP contribution in [0, 0.1) is 6.92 Å². The standard InChI is InChI=1S/C33H39N3O7S2/c1-25-9-13-27(14-10-25)45(40,41)43-31-17-11-26(23-32(31)42-2)12-18-33(37)34-29-24-28(44(38,39)36-21-7-4-8-22-36)15-16-30(29)35-19-5-3-6-20-35/h9-18,23-24H,3-8,19-22H2,1-2H3,(H,34,37). The third-order valence-electron chi connectivity index (χ3n) is 8.00. The van der Waals surface area contributed by atoms with E-state index in [2.05, 4.69) is 10.2 Å². The summed E-state index contributed by atoms with van der Waals surface area (Å²) in [6, 6.07) is 15.9. The van der Waals surface area contributed by atoms with Crippen molar-refractivity contribution in [2.45, 2.75) is 55.2 Å². The normalized spacial score (nSPS) is 16.4. The number of anilines is 2. The van der Waals surface area contributed by atoms with E-state index in [9.17, 15) is 21.6 Å². The first kappa shape index (κ1) is 32.5. The summed E-state index contributed by atoms with van der Waals surface area (Å²) in [6.45, 7) is 4.49. The Bertz CT molecular complexity index is 1760. The van der Waals surface area contributed by atoms with Crippen LogP contribution >= 0.6 is 0 Å². The second-order valence-electron chi connectivity index (χ2n) is 11.3. The zero-order valence-electron chi connectivity index (χ0n) is 25.6. The van der Waals surface area contributed by atoms with Gasteiger partial charge in [0.15, 0.2) is 11.5 Å². The summed E-state index contributed by atoms with van der Waals surface area (Å²) in [7, 11) is -6.38. The molecule has 0 atom stereocenters. The molecule has 0 aliphatic carbocycles. The maximum absolute atomic E-state index is 13.4. The van der Waals surface area contributed by atoms with Crippen LogP contribution in [0.2, 0.25) is 0 Å². The van der Waals surface area contributed by atoms with Crippen molar-refractivity contribution in [1.82, 2.24) is 4.31 Å². The number of carbonyl (C=O) groups is 1. The van der Waals surface area contributed by atoms with Gasteiger partial charge in [-0.25, -0.2) is 8.42 Å². The van der Waals surface area contributed by atoms with Gasteiger partial charge in [0.2, 0.25) is 15.9 Å². The minimum atomic E-state index is -4.08. The van der Waals surface area contributed by atoms with Crippen LogP contribution in [-0.2, 0) is 24.9 Å². The molecule has 3 aromatic rings. The Balaban J connectivity index is 1.35. The van der Waals surface area contributed by atoms with E-state index < -0.39 is 26.0 Å². The van der Waals surface area contributed by atoms with Gasteiger partial charge in [-0.15, -0.1) is 0 Å². The minimum absolute atomic E-state index is 0.0116. The molecule has 45 heavy (non-hydrogen) atoms. The maximum Gasteiger partial charge on any atom is 0.339 e. The zero-order valence-corrected chi connectivity index (χ0v) is 27.2. The fraction of sp³-hybridized carbons (Fsp3) is 0.364. The van der Waals surface area contributed by atoms with Crippen molar-refractivity contribution in [3.63, 3.8) is 0 Å². The van der Waals surface area contributed by atoms with Crippen molar-refractivity contribution in [2.24, 2.45) is 0 Å². The van der Waals surface area contributed by atoms with Crippen LogP contribution in [0.25, 0.3) is 6.08 Å². The summed E-state index contributed by atoms with van der Waals surface area (Å²) in [5.74, 6) is -0.254. The van der Waals surface area contributed by atoms with Gasteiger partial charge in [0.1, 0.15) is 4.90 Å². The van der Waals surface area contributed by atoms with Gasteiger partial charge < -0.3 is 19.1 Å². The summed E-state index contributed by atoms with van der Waals surface area (Å²) in [4.78, 5) is 15.5. The number of methoxy groups -OCH3 is 1. The Morgan fingerprint density at radius 1 is 0.778 bits per heavy atom. The molecular formula is C33H39N3O7S2. The number of nitrogens with one attached hydrogen (secondary N) is 1. The molecule has 3 aromatic carbocycles. The molecule has 0 aromatic heterocycles. The lowest BCUT2D eigenvalue weighted by Gasteiger charge is -2.31. The molecule has 1 amide bonds. The van der Waals surface area contributed by atoms with E-state index in [0.29, 0.717) is 24.3 Å². The van der Waals surface area contributed by atoms with E-state index in [0.717, 1.165) is 62.9 Å². The number of nitrogens with zero attached hydrogens (tertiary/aromatic N) is 2. The number of carbonyl (C=O) groups excluding carboxylic acids is 1. The van der Waals surface area contributed by atoms with Crippen LogP contribution < -0.4 is 19.1 Å². The van der Waals surface area contributed by atoms with Crippen LogP contribution in [0.5, 0.6) is 11.5 Å². The third-order valence-corrected chi connectivity index (χ3v) is 11.1. The van der Waals surface area contributed by atoms with Crippen LogP contribution in [0.15, 0.2) is 76.5 Å². The molecule has 2 aliphatic rings. The van der Waals surface area contributed by atoms with Gasteiger partial charge in [0, 0.05) is 32.3 Å². The molecule has 0 radical (unpaired) electrons. The van der Waals surface area contributed by atoms with Crippen molar-refractivity contribution < 1.29 is 30.6 Å². The average molecular weight is 654 g/mol. The predicted octanol–water partition coefficient (Wildman–Crippen LogP) is 5.59. The summed E-state index contributed by atoms with van der Waals surface area (Å²) in [5, 5.41) is 2.90. The summed E-state index contributed by atoms with van der Waals surface area (Å²) in [6.07, 6.45) is 8.76. The molecule has 0 unspecified atom stereocenters. The smallest absolute Gasteiger partial charge is 0.339 e. The van der Waals surface area contributed by atoms with E-state index in [1.165, 1.54) is 35.7 Å². The molecule has 240 valence electrons. The molecule has 2 saturated heterocycles. The number of rotatable bonds is 10. The number of sulfonamides is 1. The highest BCUT2D eigenvalue weighted by Gasteiger charge is 2.28. The summed E-state index contributed by atoms with van der Waals surface area (Å²) < 4.78 is 64.6. The second kappa shape index (κ2) is 14.1. The Morgan fingerprint density at radius 3 is 2.09 bits per heavy atom. The van der Waals surface area contributed by atoms with Gasteiger partial charge in [-0.1, -0.05) is 30.2 Å². The Kier molecular flexibility index (Phi) is 10.2. The van der Waals surface area contributed by atoms with Crippen LogP contribution in [-0.4, -0.2) is 60.3 Å². The summed E-state index contributed by atoms with van der Waals surface area (Å²) >= 11 is 0. The molecule has 10 nitrogen and oxygen atoms in total. The molecule has 0 saturated carbocycles. The molecule has 2 fully saturated rings. The number of aryl methyl sites for hydroxylation is 1. The van der Waals surface area contributed by atoms with Gasteiger partial charge in [-0.3, -0.25) is 4.79 Å². The lowest BCUT2D eigenvalue weighted by molar-refractivity contribution is -0.111. The SMILES string of the molecule is COc1cc(C=CC(=O)Nc2cc(S(=O)(=O)N3CCCCC3)ccc2N2CCCCC2)ccc1OS(=O)(=O)c1ccc(C)cc1. The Morgan fingerprint density at radius 2 is 1.42 bits per heavy atom. The molecule has 0 bridgehead atoms. The van der Waals surface area contributed by atoms with Crippen molar-refractivity contribution in [3.8, 4) is 11.5 Å². The number of benzene rings is 3. The highest BCUT2D eigenvalue weighted by molar-refractivity contribution is 7.89. The van der Waals surface area contributed by atoms with E-state index in [-0.39, 0.29) is 21.3 Å². The molecule has 1 N–H and O–H groups in total. The number of piperidine rings is 2. The van der Waals surface area contributed by atoms with Gasteiger partial charge in [-0.2, -0.15) is 12.7 Å². The quantitative estimate of drug-likeness (QED) is 0.222. The monoisotopic (exact) mass is 653 g/mol.